The Bertz CT molecular complexity index is 832. The predicted molar refractivity (Wildman–Crippen MR) is 100 cm³/mol. The van der Waals surface area contributed by atoms with E-state index in [2.05, 4.69) is 47.6 Å². The molecule has 1 aliphatic rings. The highest BCUT2D eigenvalue weighted by molar-refractivity contribution is 9.10. The number of rotatable bonds is 5. The van der Waals surface area contributed by atoms with Gasteiger partial charge >= 0.3 is 0 Å². The third kappa shape index (κ3) is 3.94. The fourth-order valence-corrected chi connectivity index (χ4v) is 3.85. The second kappa shape index (κ2) is 7.68. The standard InChI is InChI=1S/C18H17BrN4OS/c19-14-9-20-17(21-10-14)25-18-22-11-16(13-5-2-1-3-6-13)23(18)12-15-7-4-8-24-15/h1-3,5-6,9-11,15H,4,7-8,12H2/t15-/m0/s1. The summed E-state index contributed by atoms with van der Waals surface area (Å²) in [6.07, 6.45) is 7.87. The Morgan fingerprint density at radius 1 is 1.12 bits per heavy atom. The highest BCUT2D eigenvalue weighted by Crippen LogP contribution is 2.30. The second-order valence-electron chi connectivity index (χ2n) is 5.82. The predicted octanol–water partition coefficient (Wildman–Crippen LogP) is 4.43. The number of halogens is 1. The van der Waals surface area contributed by atoms with Gasteiger partial charge in [0.1, 0.15) is 0 Å². The summed E-state index contributed by atoms with van der Waals surface area (Å²) < 4.78 is 8.93. The molecule has 2 aromatic heterocycles. The minimum Gasteiger partial charge on any atom is -0.376 e. The monoisotopic (exact) mass is 416 g/mol. The lowest BCUT2D eigenvalue weighted by molar-refractivity contribution is 0.0954. The average molecular weight is 417 g/mol. The van der Waals surface area contributed by atoms with E-state index in [4.69, 9.17) is 4.74 Å². The van der Waals surface area contributed by atoms with Crippen LogP contribution >= 0.6 is 27.7 Å². The van der Waals surface area contributed by atoms with Crippen molar-refractivity contribution in [3.63, 3.8) is 0 Å². The molecule has 1 saturated heterocycles. The molecule has 5 nitrogen and oxygen atoms in total. The topological polar surface area (TPSA) is 52.8 Å². The van der Waals surface area contributed by atoms with Crippen LogP contribution in [0.5, 0.6) is 0 Å². The molecule has 7 heteroatoms. The summed E-state index contributed by atoms with van der Waals surface area (Å²) in [5.74, 6) is 0. The van der Waals surface area contributed by atoms with Gasteiger partial charge in [0, 0.05) is 19.0 Å². The Hall–Kier alpha value is -1.70. The Labute approximate surface area is 159 Å². The Morgan fingerprint density at radius 2 is 1.92 bits per heavy atom. The molecule has 0 N–H and O–H groups in total. The highest BCUT2D eigenvalue weighted by atomic mass is 79.9. The molecular formula is C18H17BrN4OS. The lowest BCUT2D eigenvalue weighted by atomic mass is 10.1. The fourth-order valence-electron chi connectivity index (χ4n) is 2.88. The minimum absolute atomic E-state index is 0.238. The molecule has 3 aromatic rings. The van der Waals surface area contributed by atoms with Gasteiger partial charge in [-0.3, -0.25) is 0 Å². The first-order chi connectivity index (χ1) is 12.3. The smallest absolute Gasteiger partial charge is 0.195 e. The van der Waals surface area contributed by atoms with Crippen molar-refractivity contribution in [1.82, 2.24) is 19.5 Å². The third-order valence-corrected chi connectivity index (χ3v) is 5.39. The van der Waals surface area contributed by atoms with Gasteiger partial charge in [-0.25, -0.2) is 15.0 Å². The fraction of sp³-hybridized carbons (Fsp3) is 0.278. The zero-order chi connectivity index (χ0) is 17.1. The quantitative estimate of drug-likeness (QED) is 0.575. The van der Waals surface area contributed by atoms with Gasteiger partial charge in [-0.2, -0.15) is 0 Å². The maximum Gasteiger partial charge on any atom is 0.195 e. The molecule has 0 unspecified atom stereocenters. The summed E-state index contributed by atoms with van der Waals surface area (Å²) >= 11 is 4.84. The number of nitrogens with zero attached hydrogens (tertiary/aromatic N) is 4. The van der Waals surface area contributed by atoms with Crippen molar-refractivity contribution >= 4 is 27.7 Å². The van der Waals surface area contributed by atoms with Crippen LogP contribution in [0.15, 0.2) is 63.7 Å². The lowest BCUT2D eigenvalue weighted by Crippen LogP contribution is -2.16. The summed E-state index contributed by atoms with van der Waals surface area (Å²) in [6, 6.07) is 10.3. The molecule has 1 aromatic carbocycles. The van der Waals surface area contributed by atoms with E-state index in [1.54, 1.807) is 12.4 Å². The van der Waals surface area contributed by atoms with Gasteiger partial charge in [0.2, 0.25) is 0 Å². The van der Waals surface area contributed by atoms with Gasteiger partial charge in [-0.05, 0) is 46.1 Å². The first-order valence-corrected chi connectivity index (χ1v) is 9.78. The Morgan fingerprint density at radius 3 is 2.64 bits per heavy atom. The number of hydrogen-bond donors (Lipinski definition) is 0. The molecule has 0 radical (unpaired) electrons. The molecule has 1 fully saturated rings. The van der Waals surface area contributed by atoms with Crippen LogP contribution in [0.1, 0.15) is 12.8 Å². The highest BCUT2D eigenvalue weighted by Gasteiger charge is 2.21. The molecule has 1 aliphatic heterocycles. The van der Waals surface area contributed by atoms with Crippen LogP contribution in [0.4, 0.5) is 0 Å². The molecule has 128 valence electrons. The summed E-state index contributed by atoms with van der Waals surface area (Å²) in [6.45, 7) is 1.64. The van der Waals surface area contributed by atoms with Gasteiger partial charge in [0.15, 0.2) is 10.3 Å². The van der Waals surface area contributed by atoms with Crippen molar-refractivity contribution in [2.75, 3.05) is 6.61 Å². The van der Waals surface area contributed by atoms with Gasteiger partial charge in [0.25, 0.3) is 0 Å². The molecule has 3 heterocycles. The summed E-state index contributed by atoms with van der Waals surface area (Å²) in [4.78, 5) is 13.3. The lowest BCUT2D eigenvalue weighted by Gasteiger charge is -2.15. The first kappa shape index (κ1) is 16.8. The van der Waals surface area contributed by atoms with Crippen LogP contribution in [-0.4, -0.2) is 32.2 Å². The van der Waals surface area contributed by atoms with Gasteiger partial charge in [0.05, 0.1) is 29.0 Å². The van der Waals surface area contributed by atoms with Crippen LogP contribution in [0.2, 0.25) is 0 Å². The van der Waals surface area contributed by atoms with Crippen molar-refractivity contribution in [2.45, 2.75) is 35.8 Å². The van der Waals surface area contributed by atoms with Crippen LogP contribution in [0.3, 0.4) is 0 Å². The molecule has 1 atom stereocenters. The van der Waals surface area contributed by atoms with Crippen molar-refractivity contribution in [3.8, 4) is 11.3 Å². The Balaban J connectivity index is 1.67. The summed E-state index contributed by atoms with van der Waals surface area (Å²) in [5, 5.41) is 1.57. The van der Waals surface area contributed by atoms with E-state index in [-0.39, 0.29) is 6.10 Å². The summed E-state index contributed by atoms with van der Waals surface area (Å²) in [5.41, 5.74) is 2.24. The van der Waals surface area contributed by atoms with E-state index in [0.717, 1.165) is 46.9 Å². The van der Waals surface area contributed by atoms with Crippen LogP contribution in [-0.2, 0) is 11.3 Å². The number of hydrogen-bond acceptors (Lipinski definition) is 5. The zero-order valence-corrected chi connectivity index (χ0v) is 15.9. The zero-order valence-electron chi connectivity index (χ0n) is 13.5. The number of benzene rings is 1. The number of imidazole rings is 1. The molecule has 0 saturated carbocycles. The van der Waals surface area contributed by atoms with Gasteiger partial charge in [-0.1, -0.05) is 30.3 Å². The van der Waals surface area contributed by atoms with Crippen molar-refractivity contribution < 1.29 is 4.74 Å². The van der Waals surface area contributed by atoms with Crippen LogP contribution in [0.25, 0.3) is 11.3 Å². The van der Waals surface area contributed by atoms with Gasteiger partial charge < -0.3 is 9.30 Å². The molecule has 0 aliphatic carbocycles. The van der Waals surface area contributed by atoms with Crippen molar-refractivity contribution in [3.05, 3.63) is 53.4 Å². The van der Waals surface area contributed by atoms with E-state index >= 15 is 0 Å². The van der Waals surface area contributed by atoms with E-state index in [1.807, 2.05) is 24.4 Å². The van der Waals surface area contributed by atoms with E-state index in [1.165, 1.54) is 11.8 Å². The molecular weight excluding hydrogens is 400 g/mol. The third-order valence-electron chi connectivity index (χ3n) is 4.08. The first-order valence-electron chi connectivity index (χ1n) is 8.17. The molecule has 0 bridgehead atoms. The minimum atomic E-state index is 0.238. The number of ether oxygens (including phenoxy) is 1. The van der Waals surface area contributed by atoms with Crippen LogP contribution < -0.4 is 0 Å². The SMILES string of the molecule is Brc1cnc(Sc2ncc(-c3ccccc3)n2C[C@@H]2CCCO2)nc1. The van der Waals surface area contributed by atoms with Crippen molar-refractivity contribution in [2.24, 2.45) is 0 Å². The molecule has 4 rings (SSSR count). The van der Waals surface area contributed by atoms with E-state index in [9.17, 15) is 0 Å². The molecule has 25 heavy (non-hydrogen) atoms. The summed E-state index contributed by atoms with van der Waals surface area (Å²) in [7, 11) is 0. The average Bonchev–Trinajstić information content (AvgIpc) is 3.29. The second-order valence-corrected chi connectivity index (χ2v) is 7.67. The molecule has 0 amide bonds. The van der Waals surface area contributed by atoms with Gasteiger partial charge in [-0.15, -0.1) is 0 Å². The van der Waals surface area contributed by atoms with E-state index in [0.29, 0.717) is 5.16 Å². The maximum absolute atomic E-state index is 5.84. The van der Waals surface area contributed by atoms with E-state index < -0.39 is 0 Å². The maximum atomic E-state index is 5.84. The Kier molecular flexibility index (Phi) is 5.14. The molecule has 0 spiro atoms. The normalized spacial score (nSPS) is 17.1. The van der Waals surface area contributed by atoms with Crippen molar-refractivity contribution in [1.29, 1.82) is 0 Å². The largest absolute Gasteiger partial charge is 0.376 e. The number of aromatic nitrogens is 4. The van der Waals surface area contributed by atoms with Crippen LogP contribution in [0, 0.1) is 0 Å².